The molecule has 4 rings (SSSR count). The summed E-state index contributed by atoms with van der Waals surface area (Å²) in [5.41, 5.74) is 4.14. The number of thiazole rings is 1. The summed E-state index contributed by atoms with van der Waals surface area (Å²) in [5.74, 6) is 1.54. The molecule has 0 saturated heterocycles. The van der Waals surface area contributed by atoms with E-state index in [1.165, 1.54) is 0 Å². The van der Waals surface area contributed by atoms with Crippen molar-refractivity contribution in [2.45, 2.75) is 19.8 Å². The number of nitrogens with one attached hydrogen (secondary N) is 1. The standard InChI is InChI=1S/C25H24N2O2S/c1-26-15-25-27-23(18-30-25)22-13-12-21(28-16-19-8-4-2-5-9-19)14-24(22)29-17-20-10-6-3-7-11-20/h2-14,18,26H,15-17H2,1H3. The zero-order valence-electron chi connectivity index (χ0n) is 16.9. The summed E-state index contributed by atoms with van der Waals surface area (Å²) in [6.07, 6.45) is 0. The van der Waals surface area contributed by atoms with Crippen molar-refractivity contribution in [2.75, 3.05) is 7.05 Å². The van der Waals surface area contributed by atoms with Gasteiger partial charge >= 0.3 is 0 Å². The first-order chi connectivity index (χ1) is 14.8. The van der Waals surface area contributed by atoms with Crippen LogP contribution in [0.5, 0.6) is 11.5 Å². The third-order valence-electron chi connectivity index (χ3n) is 4.59. The summed E-state index contributed by atoms with van der Waals surface area (Å²) in [6.45, 7) is 1.76. The first-order valence-electron chi connectivity index (χ1n) is 9.88. The van der Waals surface area contributed by atoms with Gasteiger partial charge in [-0.1, -0.05) is 60.7 Å². The van der Waals surface area contributed by atoms with Crippen LogP contribution in [0.2, 0.25) is 0 Å². The van der Waals surface area contributed by atoms with Crippen molar-refractivity contribution >= 4 is 11.3 Å². The van der Waals surface area contributed by atoms with E-state index in [0.717, 1.165) is 45.4 Å². The summed E-state index contributed by atoms with van der Waals surface area (Å²) >= 11 is 1.64. The van der Waals surface area contributed by atoms with Gasteiger partial charge in [0.25, 0.3) is 0 Å². The van der Waals surface area contributed by atoms with Crippen molar-refractivity contribution in [1.29, 1.82) is 0 Å². The molecule has 0 amide bonds. The van der Waals surface area contributed by atoms with Gasteiger partial charge in [0.1, 0.15) is 29.7 Å². The Morgan fingerprint density at radius 2 is 1.50 bits per heavy atom. The molecule has 0 aliphatic carbocycles. The Morgan fingerprint density at radius 1 is 0.833 bits per heavy atom. The highest BCUT2D eigenvalue weighted by atomic mass is 32.1. The van der Waals surface area contributed by atoms with Gasteiger partial charge in [0.2, 0.25) is 0 Å². The highest BCUT2D eigenvalue weighted by Gasteiger charge is 2.13. The van der Waals surface area contributed by atoms with E-state index in [1.54, 1.807) is 11.3 Å². The van der Waals surface area contributed by atoms with E-state index in [-0.39, 0.29) is 0 Å². The fraction of sp³-hybridized carbons (Fsp3) is 0.160. The van der Waals surface area contributed by atoms with Crippen LogP contribution in [-0.4, -0.2) is 12.0 Å². The number of hydrogen-bond donors (Lipinski definition) is 1. The molecule has 0 saturated carbocycles. The van der Waals surface area contributed by atoms with Crippen molar-refractivity contribution in [1.82, 2.24) is 10.3 Å². The Labute approximate surface area is 181 Å². The van der Waals surface area contributed by atoms with E-state index >= 15 is 0 Å². The molecule has 0 atom stereocenters. The Morgan fingerprint density at radius 3 is 2.17 bits per heavy atom. The van der Waals surface area contributed by atoms with Gasteiger partial charge in [-0.25, -0.2) is 4.98 Å². The maximum atomic E-state index is 6.21. The minimum atomic E-state index is 0.490. The van der Waals surface area contributed by atoms with Crippen molar-refractivity contribution in [3.05, 3.63) is 100 Å². The topological polar surface area (TPSA) is 43.4 Å². The summed E-state index contributed by atoms with van der Waals surface area (Å²) in [6, 6.07) is 26.3. The van der Waals surface area contributed by atoms with Gasteiger partial charge in [0, 0.05) is 23.6 Å². The van der Waals surface area contributed by atoms with Gasteiger partial charge < -0.3 is 14.8 Å². The van der Waals surface area contributed by atoms with Crippen molar-refractivity contribution in [3.8, 4) is 22.8 Å². The molecule has 3 aromatic carbocycles. The summed E-state index contributed by atoms with van der Waals surface area (Å²) < 4.78 is 12.2. The molecule has 0 unspecified atom stereocenters. The minimum absolute atomic E-state index is 0.490. The molecule has 0 radical (unpaired) electrons. The first kappa shape index (κ1) is 20.1. The van der Waals surface area contributed by atoms with Gasteiger partial charge in [-0.05, 0) is 30.3 Å². The van der Waals surface area contributed by atoms with E-state index in [9.17, 15) is 0 Å². The van der Waals surface area contributed by atoms with Crippen molar-refractivity contribution in [3.63, 3.8) is 0 Å². The largest absolute Gasteiger partial charge is 0.489 e. The van der Waals surface area contributed by atoms with Crippen molar-refractivity contribution < 1.29 is 9.47 Å². The van der Waals surface area contributed by atoms with Crippen LogP contribution in [0.4, 0.5) is 0 Å². The maximum absolute atomic E-state index is 6.21. The van der Waals surface area contributed by atoms with Crippen LogP contribution in [0.25, 0.3) is 11.3 Å². The number of rotatable bonds is 9. The van der Waals surface area contributed by atoms with Gasteiger partial charge in [0.15, 0.2) is 0 Å². The zero-order valence-corrected chi connectivity index (χ0v) is 17.7. The fourth-order valence-corrected chi connectivity index (χ4v) is 3.87. The van der Waals surface area contributed by atoms with E-state index in [0.29, 0.717) is 13.2 Å². The van der Waals surface area contributed by atoms with Crippen LogP contribution >= 0.6 is 11.3 Å². The number of aromatic nitrogens is 1. The Bertz CT molecular complexity index is 1060. The predicted molar refractivity (Wildman–Crippen MR) is 122 cm³/mol. The van der Waals surface area contributed by atoms with E-state index in [4.69, 9.17) is 14.5 Å². The summed E-state index contributed by atoms with van der Waals surface area (Å²) in [4.78, 5) is 4.74. The SMILES string of the molecule is CNCc1nc(-c2ccc(OCc3ccccc3)cc2OCc2ccccc2)cs1. The molecular formula is C25H24N2O2S. The zero-order chi connectivity index (χ0) is 20.6. The fourth-order valence-electron chi connectivity index (χ4n) is 3.07. The van der Waals surface area contributed by atoms with Crippen LogP contribution in [0, 0.1) is 0 Å². The monoisotopic (exact) mass is 416 g/mol. The average Bonchev–Trinajstić information content (AvgIpc) is 3.26. The normalized spacial score (nSPS) is 10.7. The molecule has 1 aromatic heterocycles. The minimum Gasteiger partial charge on any atom is -0.489 e. The first-order valence-corrected chi connectivity index (χ1v) is 10.8. The van der Waals surface area contributed by atoms with Crippen LogP contribution in [0.1, 0.15) is 16.1 Å². The second-order valence-electron chi connectivity index (χ2n) is 6.86. The Kier molecular flexibility index (Phi) is 6.75. The molecule has 0 spiro atoms. The second kappa shape index (κ2) is 10.1. The third-order valence-corrected chi connectivity index (χ3v) is 5.44. The molecular weight excluding hydrogens is 392 g/mol. The molecule has 152 valence electrons. The van der Waals surface area contributed by atoms with Crippen LogP contribution < -0.4 is 14.8 Å². The van der Waals surface area contributed by atoms with Gasteiger partial charge in [-0.2, -0.15) is 0 Å². The summed E-state index contributed by atoms with van der Waals surface area (Å²) in [5, 5.41) is 6.27. The molecule has 1 N–H and O–H groups in total. The van der Waals surface area contributed by atoms with Gasteiger partial charge in [-0.15, -0.1) is 11.3 Å². The lowest BCUT2D eigenvalue weighted by molar-refractivity contribution is 0.291. The molecule has 0 bridgehead atoms. The average molecular weight is 417 g/mol. The molecule has 0 fully saturated rings. The highest BCUT2D eigenvalue weighted by Crippen LogP contribution is 2.35. The molecule has 5 heteroatoms. The quantitative estimate of drug-likeness (QED) is 0.381. The third kappa shape index (κ3) is 5.26. The number of ether oxygens (including phenoxy) is 2. The van der Waals surface area contributed by atoms with Crippen molar-refractivity contribution in [2.24, 2.45) is 0 Å². The smallest absolute Gasteiger partial charge is 0.132 e. The lowest BCUT2D eigenvalue weighted by Crippen LogP contribution is -2.04. The van der Waals surface area contributed by atoms with Crippen LogP contribution in [0.3, 0.4) is 0 Å². The van der Waals surface area contributed by atoms with E-state index < -0.39 is 0 Å². The predicted octanol–water partition coefficient (Wildman–Crippen LogP) is 5.69. The van der Waals surface area contributed by atoms with E-state index in [1.807, 2.05) is 61.6 Å². The van der Waals surface area contributed by atoms with Crippen LogP contribution in [-0.2, 0) is 19.8 Å². The van der Waals surface area contributed by atoms with Gasteiger partial charge in [0.05, 0.1) is 5.69 Å². The number of nitrogens with zero attached hydrogens (tertiary/aromatic N) is 1. The second-order valence-corrected chi connectivity index (χ2v) is 7.81. The number of benzene rings is 3. The summed E-state index contributed by atoms with van der Waals surface area (Å²) in [7, 11) is 1.92. The Hall–Kier alpha value is -3.15. The lowest BCUT2D eigenvalue weighted by Gasteiger charge is -2.13. The van der Waals surface area contributed by atoms with Gasteiger partial charge in [-0.3, -0.25) is 0 Å². The highest BCUT2D eigenvalue weighted by molar-refractivity contribution is 7.09. The number of hydrogen-bond acceptors (Lipinski definition) is 5. The Balaban J connectivity index is 1.57. The molecule has 0 aliphatic rings. The molecule has 1 heterocycles. The van der Waals surface area contributed by atoms with Crippen LogP contribution in [0.15, 0.2) is 84.2 Å². The molecule has 0 aliphatic heterocycles. The molecule has 4 nitrogen and oxygen atoms in total. The molecule has 30 heavy (non-hydrogen) atoms. The molecule has 4 aromatic rings. The lowest BCUT2D eigenvalue weighted by atomic mass is 10.1. The maximum Gasteiger partial charge on any atom is 0.132 e. The van der Waals surface area contributed by atoms with E-state index in [2.05, 4.69) is 35.0 Å².